The highest BCUT2D eigenvalue weighted by molar-refractivity contribution is 5.65. The zero-order valence-electron chi connectivity index (χ0n) is 21.0. The molecule has 0 N–H and O–H groups in total. The van der Waals surface area contributed by atoms with E-state index in [1.807, 2.05) is 6.08 Å². The van der Waals surface area contributed by atoms with Crippen molar-refractivity contribution in [1.29, 1.82) is 0 Å². The van der Waals surface area contributed by atoms with Gasteiger partial charge in [-0.05, 0) is 72.9 Å². The molecule has 1 aliphatic rings. The maximum atomic E-state index is 14.7. The van der Waals surface area contributed by atoms with Gasteiger partial charge in [0.2, 0.25) is 0 Å². The number of ether oxygens (including phenoxy) is 2. The van der Waals surface area contributed by atoms with Crippen LogP contribution in [0.25, 0.3) is 11.1 Å². The van der Waals surface area contributed by atoms with Crippen LogP contribution in [0.5, 0.6) is 11.5 Å². The third kappa shape index (κ3) is 6.94. The van der Waals surface area contributed by atoms with E-state index in [1.165, 1.54) is 6.42 Å². The second kappa shape index (κ2) is 12.1. The third-order valence-corrected chi connectivity index (χ3v) is 6.96. The van der Waals surface area contributed by atoms with Gasteiger partial charge in [0.25, 0.3) is 0 Å². The van der Waals surface area contributed by atoms with Gasteiger partial charge in [0.15, 0.2) is 17.5 Å². The maximum absolute atomic E-state index is 14.7. The summed E-state index contributed by atoms with van der Waals surface area (Å²) < 4.78 is 108. The molecule has 2 nitrogen and oxygen atoms in total. The summed E-state index contributed by atoms with van der Waals surface area (Å²) in [5, 5.41) is 0. The molecule has 1 aliphatic carbocycles. The SMILES string of the molecule is C=CCCC1CCC(COc2ccc(-c3cc(F)c(C(F)(F)Oc4cc(F)c(F)c(F)c4)c(F)c3)cc2)CC1. The summed E-state index contributed by atoms with van der Waals surface area (Å²) >= 11 is 0. The molecule has 9 heteroatoms. The fraction of sp³-hybridized carbons (Fsp3) is 0.333. The van der Waals surface area contributed by atoms with E-state index in [4.69, 9.17) is 4.74 Å². The molecule has 0 bridgehead atoms. The molecule has 0 aromatic heterocycles. The Morgan fingerprint density at radius 3 is 1.87 bits per heavy atom. The first-order chi connectivity index (χ1) is 18.6. The Morgan fingerprint density at radius 1 is 0.744 bits per heavy atom. The highest BCUT2D eigenvalue weighted by atomic mass is 19.3. The van der Waals surface area contributed by atoms with E-state index in [1.54, 1.807) is 24.3 Å². The van der Waals surface area contributed by atoms with E-state index in [0.29, 0.717) is 36.0 Å². The topological polar surface area (TPSA) is 18.5 Å². The molecule has 1 fully saturated rings. The van der Waals surface area contributed by atoms with E-state index in [2.05, 4.69) is 11.3 Å². The molecular formula is C30H27F7O2. The number of halogens is 7. The number of benzene rings is 3. The van der Waals surface area contributed by atoms with Gasteiger partial charge >= 0.3 is 6.11 Å². The minimum absolute atomic E-state index is 0.0205. The van der Waals surface area contributed by atoms with Crippen molar-refractivity contribution in [1.82, 2.24) is 0 Å². The molecule has 39 heavy (non-hydrogen) atoms. The zero-order valence-corrected chi connectivity index (χ0v) is 21.0. The molecule has 0 atom stereocenters. The molecule has 0 saturated heterocycles. The highest BCUT2D eigenvalue weighted by Crippen LogP contribution is 2.38. The summed E-state index contributed by atoms with van der Waals surface area (Å²) in [6.07, 6.45) is 4.00. The number of alkyl halides is 2. The molecule has 0 amide bonds. The van der Waals surface area contributed by atoms with E-state index < -0.39 is 46.5 Å². The molecule has 0 aliphatic heterocycles. The summed E-state index contributed by atoms with van der Waals surface area (Å²) in [5.41, 5.74) is -1.43. The minimum Gasteiger partial charge on any atom is -0.493 e. The summed E-state index contributed by atoms with van der Waals surface area (Å²) in [4.78, 5) is 0. The molecule has 3 aromatic carbocycles. The number of hydrogen-bond donors (Lipinski definition) is 0. The van der Waals surface area contributed by atoms with Crippen molar-refractivity contribution in [3.05, 3.63) is 95.8 Å². The summed E-state index contributed by atoms with van der Waals surface area (Å²) in [5.74, 6) is -8.15. The van der Waals surface area contributed by atoms with Crippen LogP contribution >= 0.6 is 0 Å². The van der Waals surface area contributed by atoms with Crippen LogP contribution in [0.1, 0.15) is 44.1 Å². The van der Waals surface area contributed by atoms with Gasteiger partial charge in [-0.1, -0.05) is 31.1 Å². The zero-order chi connectivity index (χ0) is 28.2. The molecule has 1 saturated carbocycles. The Morgan fingerprint density at radius 2 is 1.31 bits per heavy atom. The molecular weight excluding hydrogens is 525 g/mol. The van der Waals surface area contributed by atoms with Gasteiger partial charge in [0.1, 0.15) is 28.7 Å². The van der Waals surface area contributed by atoms with Crippen LogP contribution in [0, 0.1) is 40.9 Å². The molecule has 0 unspecified atom stereocenters. The van der Waals surface area contributed by atoms with Gasteiger partial charge in [-0.15, -0.1) is 6.58 Å². The van der Waals surface area contributed by atoms with Crippen LogP contribution in [0.15, 0.2) is 61.2 Å². The Bertz CT molecular complexity index is 1250. The second-order valence-corrected chi connectivity index (χ2v) is 9.72. The highest BCUT2D eigenvalue weighted by Gasteiger charge is 2.41. The van der Waals surface area contributed by atoms with Crippen molar-refractivity contribution in [2.75, 3.05) is 6.61 Å². The molecule has 0 heterocycles. The summed E-state index contributed by atoms with van der Waals surface area (Å²) in [6.45, 7) is 4.33. The Kier molecular flexibility index (Phi) is 8.87. The number of hydrogen-bond acceptors (Lipinski definition) is 2. The van der Waals surface area contributed by atoms with Crippen LogP contribution in [0.4, 0.5) is 30.7 Å². The third-order valence-electron chi connectivity index (χ3n) is 6.96. The fourth-order valence-electron chi connectivity index (χ4n) is 4.81. The Labute approximate surface area is 222 Å². The molecule has 4 rings (SSSR count). The van der Waals surface area contributed by atoms with Crippen LogP contribution in [-0.4, -0.2) is 6.61 Å². The summed E-state index contributed by atoms with van der Waals surface area (Å²) in [6, 6.07) is 8.05. The van der Waals surface area contributed by atoms with E-state index in [9.17, 15) is 30.7 Å². The number of rotatable bonds is 10. The minimum atomic E-state index is -4.65. The van der Waals surface area contributed by atoms with Crippen molar-refractivity contribution >= 4 is 0 Å². The average molecular weight is 553 g/mol. The van der Waals surface area contributed by atoms with Gasteiger partial charge < -0.3 is 9.47 Å². The molecule has 208 valence electrons. The van der Waals surface area contributed by atoms with Crippen LogP contribution < -0.4 is 9.47 Å². The lowest BCUT2D eigenvalue weighted by atomic mass is 9.80. The first-order valence-electron chi connectivity index (χ1n) is 12.6. The van der Waals surface area contributed by atoms with Crippen LogP contribution in [0.3, 0.4) is 0 Å². The van der Waals surface area contributed by atoms with Crippen LogP contribution in [0.2, 0.25) is 0 Å². The average Bonchev–Trinajstić information content (AvgIpc) is 2.89. The normalized spacial score (nSPS) is 17.6. The van der Waals surface area contributed by atoms with Gasteiger partial charge in [-0.3, -0.25) is 0 Å². The maximum Gasteiger partial charge on any atom is 0.432 e. The fourth-order valence-corrected chi connectivity index (χ4v) is 4.81. The van der Waals surface area contributed by atoms with E-state index in [0.717, 1.165) is 38.0 Å². The van der Waals surface area contributed by atoms with Crippen molar-refractivity contribution in [2.24, 2.45) is 11.8 Å². The van der Waals surface area contributed by atoms with Gasteiger partial charge in [-0.2, -0.15) is 8.78 Å². The largest absolute Gasteiger partial charge is 0.493 e. The van der Waals surface area contributed by atoms with Gasteiger partial charge in [0.05, 0.1) is 6.61 Å². The number of allylic oxidation sites excluding steroid dienone is 1. The molecule has 0 spiro atoms. The molecule has 3 aromatic rings. The lowest BCUT2D eigenvalue weighted by Crippen LogP contribution is -2.25. The quantitative estimate of drug-likeness (QED) is 0.142. The second-order valence-electron chi connectivity index (χ2n) is 9.72. The summed E-state index contributed by atoms with van der Waals surface area (Å²) in [7, 11) is 0. The predicted octanol–water partition coefficient (Wildman–Crippen LogP) is 9.33. The van der Waals surface area contributed by atoms with Crippen molar-refractivity contribution in [2.45, 2.75) is 44.6 Å². The predicted molar refractivity (Wildman–Crippen MR) is 133 cm³/mol. The lowest BCUT2D eigenvalue weighted by molar-refractivity contribution is -0.189. The molecule has 0 radical (unpaired) electrons. The van der Waals surface area contributed by atoms with Crippen molar-refractivity contribution in [3.8, 4) is 22.6 Å². The van der Waals surface area contributed by atoms with Gasteiger partial charge in [-0.25, -0.2) is 22.0 Å². The first kappa shape index (κ1) is 28.5. The first-order valence-corrected chi connectivity index (χ1v) is 12.6. The Hall–Kier alpha value is -3.49. The van der Waals surface area contributed by atoms with E-state index >= 15 is 0 Å². The van der Waals surface area contributed by atoms with Gasteiger partial charge in [0, 0.05) is 12.1 Å². The standard InChI is InChI=1S/C30H27F7O2/c1-2-3-4-18-5-7-19(8-6-18)17-38-22-11-9-20(10-12-22)21-13-24(31)28(25(32)14-21)30(36,37)39-23-15-26(33)29(35)27(34)16-23/h2,9-16,18-19H,1,3-8,17H2. The van der Waals surface area contributed by atoms with Crippen molar-refractivity contribution in [3.63, 3.8) is 0 Å². The van der Waals surface area contributed by atoms with E-state index in [-0.39, 0.29) is 17.7 Å². The van der Waals surface area contributed by atoms with Crippen LogP contribution in [-0.2, 0) is 6.11 Å². The monoisotopic (exact) mass is 552 g/mol. The lowest BCUT2D eigenvalue weighted by Gasteiger charge is -2.28. The van der Waals surface area contributed by atoms with Crippen molar-refractivity contribution < 1.29 is 40.2 Å². The smallest absolute Gasteiger partial charge is 0.432 e. The Balaban J connectivity index is 1.41.